The Hall–Kier alpha value is -3.54. The number of anilines is 3. The maximum Gasteiger partial charge on any atom is 0.411 e. The largest absolute Gasteiger partial charge is 0.450 e. The predicted molar refractivity (Wildman–Crippen MR) is 141 cm³/mol. The number of carbonyl (C=O) groups is 1. The molecule has 0 radical (unpaired) electrons. The quantitative estimate of drug-likeness (QED) is 0.348. The number of ether oxygens (including phenoxy) is 1. The first kappa shape index (κ1) is 25.1. The van der Waals surface area contributed by atoms with E-state index in [1.807, 2.05) is 12.1 Å². The van der Waals surface area contributed by atoms with Crippen LogP contribution in [-0.4, -0.2) is 17.7 Å². The van der Waals surface area contributed by atoms with Gasteiger partial charge < -0.3 is 15.4 Å². The zero-order valence-electron chi connectivity index (χ0n) is 21.3. The van der Waals surface area contributed by atoms with Crippen molar-refractivity contribution >= 4 is 23.4 Å². The fourth-order valence-electron chi connectivity index (χ4n) is 4.40. The van der Waals surface area contributed by atoms with Crippen LogP contribution in [0.3, 0.4) is 0 Å². The third-order valence-electron chi connectivity index (χ3n) is 5.97. The second kappa shape index (κ2) is 11.1. The van der Waals surface area contributed by atoms with Gasteiger partial charge in [0.25, 0.3) is 0 Å². The molecule has 0 saturated carbocycles. The molecule has 3 aromatic rings. The highest BCUT2D eigenvalue weighted by Crippen LogP contribution is 2.25. The van der Waals surface area contributed by atoms with Crippen LogP contribution in [0.25, 0.3) is 0 Å². The first-order valence-electron chi connectivity index (χ1n) is 11.7. The fourth-order valence-corrected chi connectivity index (χ4v) is 4.40. The Morgan fingerprint density at radius 1 is 0.794 bits per heavy atom. The summed E-state index contributed by atoms with van der Waals surface area (Å²) in [6, 6.07) is 12.5. The summed E-state index contributed by atoms with van der Waals surface area (Å²) < 4.78 is 5.07. The monoisotopic (exact) mass is 460 g/mol. The van der Waals surface area contributed by atoms with Gasteiger partial charge in [-0.25, -0.2) is 9.78 Å². The summed E-state index contributed by atoms with van der Waals surface area (Å²) in [5, 5.41) is 9.66. The van der Waals surface area contributed by atoms with E-state index >= 15 is 0 Å². The van der Waals surface area contributed by atoms with Gasteiger partial charge >= 0.3 is 6.09 Å². The highest BCUT2D eigenvalue weighted by molar-refractivity contribution is 5.88. The van der Waals surface area contributed by atoms with Crippen LogP contribution in [0.1, 0.15) is 51.4 Å². The van der Waals surface area contributed by atoms with Crippen LogP contribution >= 0.6 is 0 Å². The van der Waals surface area contributed by atoms with Gasteiger partial charge in [0.15, 0.2) is 5.82 Å². The zero-order chi connectivity index (χ0) is 24.8. The van der Waals surface area contributed by atoms with E-state index in [9.17, 15) is 4.79 Å². The minimum absolute atomic E-state index is 0.304. The number of nitrogens with one attached hydrogen (secondary N) is 3. The van der Waals surface area contributed by atoms with Crippen LogP contribution in [0, 0.1) is 41.5 Å². The van der Waals surface area contributed by atoms with Crippen molar-refractivity contribution < 1.29 is 9.53 Å². The Labute approximate surface area is 203 Å². The molecule has 0 spiro atoms. The molecule has 0 aliphatic rings. The Bertz CT molecular complexity index is 1140. The lowest BCUT2D eigenvalue weighted by molar-refractivity contribution is 0.168. The summed E-state index contributed by atoms with van der Waals surface area (Å²) in [5.41, 5.74) is 10.5. The predicted octanol–water partition coefficient (Wildman–Crippen LogP) is 6.72. The summed E-state index contributed by atoms with van der Waals surface area (Å²) in [7, 11) is 0. The molecule has 0 atom stereocenters. The van der Waals surface area contributed by atoms with Crippen molar-refractivity contribution in [2.75, 3.05) is 22.6 Å². The van der Waals surface area contributed by atoms with E-state index in [1.54, 1.807) is 6.92 Å². The summed E-state index contributed by atoms with van der Waals surface area (Å²) in [5.74, 6) is 1.32. The van der Waals surface area contributed by atoms with E-state index in [0.717, 1.165) is 5.82 Å². The van der Waals surface area contributed by atoms with Crippen molar-refractivity contribution in [2.24, 2.45) is 0 Å². The fraction of sp³-hybridized carbons (Fsp3) is 0.357. The summed E-state index contributed by atoms with van der Waals surface area (Å²) >= 11 is 0. The highest BCUT2D eigenvalue weighted by Gasteiger charge is 2.12. The van der Waals surface area contributed by atoms with Gasteiger partial charge in [-0.15, -0.1) is 0 Å². The van der Waals surface area contributed by atoms with E-state index < -0.39 is 6.09 Å². The van der Waals surface area contributed by atoms with Crippen LogP contribution in [0.15, 0.2) is 36.4 Å². The van der Waals surface area contributed by atoms with E-state index in [4.69, 9.17) is 9.72 Å². The van der Waals surface area contributed by atoms with Crippen molar-refractivity contribution in [1.82, 2.24) is 4.98 Å². The lowest BCUT2D eigenvalue weighted by Crippen LogP contribution is -2.16. The number of nitrogens with zero attached hydrogens (tertiary/aromatic N) is 1. The molecule has 34 heavy (non-hydrogen) atoms. The topological polar surface area (TPSA) is 75.3 Å². The second-order valence-electron chi connectivity index (χ2n) is 8.90. The lowest BCUT2D eigenvalue weighted by Gasteiger charge is -2.17. The Morgan fingerprint density at radius 3 is 1.79 bits per heavy atom. The van der Waals surface area contributed by atoms with E-state index in [2.05, 4.69) is 81.8 Å². The van der Waals surface area contributed by atoms with Gasteiger partial charge in [0.2, 0.25) is 0 Å². The zero-order valence-corrected chi connectivity index (χ0v) is 21.3. The molecule has 0 unspecified atom stereocenters. The Kier molecular flexibility index (Phi) is 8.16. The third-order valence-corrected chi connectivity index (χ3v) is 5.97. The van der Waals surface area contributed by atoms with Crippen LogP contribution in [0.2, 0.25) is 0 Å². The third kappa shape index (κ3) is 6.28. The number of aryl methyl sites for hydroxylation is 6. The van der Waals surface area contributed by atoms with Crippen molar-refractivity contribution in [3.8, 4) is 0 Å². The number of hydrogen-bond donors (Lipinski definition) is 3. The van der Waals surface area contributed by atoms with Gasteiger partial charge in [0.05, 0.1) is 12.3 Å². The molecule has 3 rings (SSSR count). The average molecular weight is 461 g/mol. The van der Waals surface area contributed by atoms with Gasteiger partial charge in [-0.1, -0.05) is 35.4 Å². The lowest BCUT2D eigenvalue weighted by atomic mass is 10.00. The molecule has 180 valence electrons. The standard InChI is InChI=1S/C28H36N4O2/c1-8-34-28(33)31-25-9-10-26(29-15-23-19(4)11-17(2)12-20(23)5)32-27(25)30-16-24-21(6)13-18(3)14-22(24)7/h9-14H,8,15-16H2,1-7H3,(H,31,33)(H2,29,30,32). The number of amides is 1. The van der Waals surface area contributed by atoms with E-state index in [-0.39, 0.29) is 0 Å². The van der Waals surface area contributed by atoms with E-state index in [1.165, 1.54) is 44.5 Å². The van der Waals surface area contributed by atoms with Crippen molar-refractivity contribution in [3.05, 3.63) is 80.9 Å². The summed E-state index contributed by atoms with van der Waals surface area (Å²) in [6.07, 6.45) is -0.498. The molecule has 1 aromatic heterocycles. The Morgan fingerprint density at radius 2 is 1.29 bits per heavy atom. The molecule has 0 bridgehead atoms. The number of benzene rings is 2. The smallest absolute Gasteiger partial charge is 0.411 e. The molecule has 0 saturated heterocycles. The van der Waals surface area contributed by atoms with Crippen molar-refractivity contribution in [3.63, 3.8) is 0 Å². The molecule has 0 aliphatic carbocycles. The van der Waals surface area contributed by atoms with Gasteiger partial charge in [0, 0.05) is 13.1 Å². The maximum atomic E-state index is 12.1. The molecule has 1 heterocycles. The summed E-state index contributed by atoms with van der Waals surface area (Å²) in [4.78, 5) is 16.9. The van der Waals surface area contributed by atoms with Crippen LogP contribution < -0.4 is 16.0 Å². The van der Waals surface area contributed by atoms with Crippen LogP contribution in [0.5, 0.6) is 0 Å². The van der Waals surface area contributed by atoms with Crippen molar-refractivity contribution in [2.45, 2.75) is 61.6 Å². The van der Waals surface area contributed by atoms with Gasteiger partial charge in [-0.2, -0.15) is 0 Å². The number of rotatable bonds is 8. The minimum atomic E-state index is -0.498. The number of hydrogen-bond acceptors (Lipinski definition) is 5. The molecular weight excluding hydrogens is 424 g/mol. The van der Waals surface area contributed by atoms with E-state index in [0.29, 0.717) is 31.2 Å². The highest BCUT2D eigenvalue weighted by atomic mass is 16.5. The summed E-state index contributed by atoms with van der Waals surface area (Å²) in [6.45, 7) is 16.1. The van der Waals surface area contributed by atoms with Crippen LogP contribution in [-0.2, 0) is 17.8 Å². The number of aromatic nitrogens is 1. The first-order valence-corrected chi connectivity index (χ1v) is 11.7. The SMILES string of the molecule is CCOC(=O)Nc1ccc(NCc2c(C)cc(C)cc2C)nc1NCc1c(C)cc(C)cc1C. The second-order valence-corrected chi connectivity index (χ2v) is 8.90. The minimum Gasteiger partial charge on any atom is -0.450 e. The number of carbonyl (C=O) groups excluding carboxylic acids is 1. The maximum absolute atomic E-state index is 12.1. The molecule has 6 heteroatoms. The van der Waals surface area contributed by atoms with Crippen LogP contribution in [0.4, 0.5) is 22.1 Å². The number of pyridine rings is 1. The van der Waals surface area contributed by atoms with Gasteiger partial charge in [-0.3, -0.25) is 5.32 Å². The molecule has 3 N–H and O–H groups in total. The Balaban J connectivity index is 1.84. The molecule has 6 nitrogen and oxygen atoms in total. The average Bonchev–Trinajstić information content (AvgIpc) is 2.73. The normalized spacial score (nSPS) is 10.7. The van der Waals surface area contributed by atoms with Gasteiger partial charge in [-0.05, 0) is 94.0 Å². The molecule has 1 amide bonds. The molecule has 0 aliphatic heterocycles. The molecule has 0 fully saturated rings. The molecular formula is C28H36N4O2. The van der Waals surface area contributed by atoms with Crippen molar-refractivity contribution in [1.29, 1.82) is 0 Å². The molecule has 2 aromatic carbocycles. The first-order chi connectivity index (χ1) is 16.2. The van der Waals surface area contributed by atoms with Gasteiger partial charge in [0.1, 0.15) is 5.82 Å².